The van der Waals surface area contributed by atoms with Gasteiger partial charge in [-0.3, -0.25) is 14.5 Å². The molecule has 3 amide bonds. The number of amides is 3. The third-order valence-corrected chi connectivity index (χ3v) is 8.02. The van der Waals surface area contributed by atoms with E-state index in [1.165, 1.54) is 40.1 Å². The topological polar surface area (TPSA) is 143 Å². The molecule has 0 aromatic heterocycles. The maximum Gasteiger partial charge on any atom is 0.414 e. The summed E-state index contributed by atoms with van der Waals surface area (Å²) in [4.78, 5) is 55.5. The number of carbonyl (C=O) groups excluding carboxylic acids is 3. The summed E-state index contributed by atoms with van der Waals surface area (Å²) in [6.07, 6.45) is -0.826. The maximum atomic E-state index is 15.2. The van der Waals surface area contributed by atoms with Crippen molar-refractivity contribution in [2.45, 2.75) is 32.4 Å². The number of rotatable bonds is 10. The standard InChI is InChI=1S/C29H34FN5O7S/c1-3-26(43)34(18(2)27(38)31-20-6-4-19(5-7-20)28(39)40)15-22-16-35(29(41)42-22)21-8-9-24(23(30)14-21)32-10-12-33(13-11-32)25(37)17-36/h4-9,14,18,22,36H,3,10-13,15-17H2,1-2H3,(H,31,38)(H,39,40)/t18-,22-/m0/s1. The predicted molar refractivity (Wildman–Crippen MR) is 161 cm³/mol. The molecule has 2 aromatic carbocycles. The number of benzene rings is 2. The number of carboxylic acids is 1. The van der Waals surface area contributed by atoms with Gasteiger partial charge in [0.25, 0.3) is 0 Å². The van der Waals surface area contributed by atoms with E-state index >= 15 is 4.39 Å². The van der Waals surface area contributed by atoms with Crippen LogP contribution >= 0.6 is 12.2 Å². The minimum Gasteiger partial charge on any atom is -0.478 e. The van der Waals surface area contributed by atoms with Crippen LogP contribution in [0.4, 0.5) is 26.2 Å². The van der Waals surface area contributed by atoms with Crippen molar-refractivity contribution in [2.75, 3.05) is 61.0 Å². The number of aliphatic hydroxyl groups excluding tert-OH is 1. The lowest BCUT2D eigenvalue weighted by Crippen LogP contribution is -2.49. The average molecular weight is 616 g/mol. The highest BCUT2D eigenvalue weighted by molar-refractivity contribution is 7.80. The first kappa shape index (κ1) is 31.6. The fraction of sp³-hybridized carbons (Fsp3) is 0.414. The molecule has 2 atom stereocenters. The molecule has 12 nitrogen and oxygen atoms in total. The number of nitrogens with one attached hydrogen (secondary N) is 1. The largest absolute Gasteiger partial charge is 0.478 e. The second-order valence-electron chi connectivity index (χ2n) is 10.2. The van der Waals surface area contributed by atoms with Gasteiger partial charge in [0.2, 0.25) is 11.8 Å². The summed E-state index contributed by atoms with van der Waals surface area (Å²) in [5.74, 6) is -2.33. The van der Waals surface area contributed by atoms with E-state index in [-0.39, 0.29) is 30.5 Å². The Hall–Kier alpha value is -4.30. The van der Waals surface area contributed by atoms with Gasteiger partial charge < -0.3 is 35.0 Å². The van der Waals surface area contributed by atoms with Crippen LogP contribution in [0, 0.1) is 5.82 Å². The smallest absolute Gasteiger partial charge is 0.414 e. The lowest BCUT2D eigenvalue weighted by Gasteiger charge is -2.36. The van der Waals surface area contributed by atoms with Crippen molar-refractivity contribution in [3.63, 3.8) is 0 Å². The lowest BCUT2D eigenvalue weighted by atomic mass is 10.1. The van der Waals surface area contributed by atoms with Crippen molar-refractivity contribution in [3.05, 3.63) is 53.8 Å². The van der Waals surface area contributed by atoms with Gasteiger partial charge in [0, 0.05) is 31.9 Å². The molecular formula is C29H34FN5O7S. The number of anilines is 3. The van der Waals surface area contributed by atoms with Crippen LogP contribution in [0.1, 0.15) is 30.6 Å². The van der Waals surface area contributed by atoms with Crippen molar-refractivity contribution in [3.8, 4) is 0 Å². The van der Waals surface area contributed by atoms with E-state index in [2.05, 4.69) is 5.32 Å². The second-order valence-corrected chi connectivity index (χ2v) is 10.7. The van der Waals surface area contributed by atoms with Crippen LogP contribution < -0.4 is 15.1 Å². The number of piperazine rings is 1. The fourth-order valence-corrected chi connectivity index (χ4v) is 5.26. The average Bonchev–Trinajstić information content (AvgIpc) is 3.38. The first-order valence-electron chi connectivity index (χ1n) is 13.9. The second kappa shape index (κ2) is 13.8. The Morgan fingerprint density at radius 3 is 2.40 bits per heavy atom. The van der Waals surface area contributed by atoms with E-state index in [4.69, 9.17) is 27.2 Å². The summed E-state index contributed by atoms with van der Waals surface area (Å²) in [5, 5.41) is 20.9. The zero-order valence-corrected chi connectivity index (χ0v) is 24.7. The number of halogens is 1. The molecule has 3 N–H and O–H groups in total. The molecule has 43 heavy (non-hydrogen) atoms. The number of ether oxygens (including phenoxy) is 1. The molecule has 230 valence electrons. The molecule has 2 saturated heterocycles. The number of carboxylic acid groups (broad SMARTS) is 1. The van der Waals surface area contributed by atoms with Crippen molar-refractivity contribution in [1.29, 1.82) is 0 Å². The van der Waals surface area contributed by atoms with Crippen LogP contribution in [0.25, 0.3) is 0 Å². The number of hydrogen-bond donors (Lipinski definition) is 3. The highest BCUT2D eigenvalue weighted by Gasteiger charge is 2.36. The van der Waals surface area contributed by atoms with Gasteiger partial charge in [0.1, 0.15) is 24.6 Å². The molecule has 0 saturated carbocycles. The third-order valence-electron chi connectivity index (χ3n) is 7.49. The Kier molecular flexibility index (Phi) is 10.1. The molecular weight excluding hydrogens is 581 g/mol. The molecule has 4 rings (SSSR count). The quantitative estimate of drug-likeness (QED) is 0.341. The molecule has 2 heterocycles. The van der Waals surface area contributed by atoms with Crippen molar-refractivity contribution < 1.29 is 38.5 Å². The molecule has 0 unspecified atom stereocenters. The number of hydrogen-bond acceptors (Lipinski definition) is 8. The van der Waals surface area contributed by atoms with Crippen molar-refractivity contribution >= 4 is 58.1 Å². The van der Waals surface area contributed by atoms with Gasteiger partial charge in [-0.1, -0.05) is 19.1 Å². The van der Waals surface area contributed by atoms with Gasteiger partial charge in [0.15, 0.2) is 0 Å². The number of cyclic esters (lactones) is 1. The summed E-state index contributed by atoms with van der Waals surface area (Å²) in [5.41, 5.74) is 1.19. The van der Waals surface area contributed by atoms with Crippen LogP contribution in [0.15, 0.2) is 42.5 Å². The first-order valence-corrected chi connectivity index (χ1v) is 14.3. The minimum absolute atomic E-state index is 0.0942. The summed E-state index contributed by atoms with van der Waals surface area (Å²) < 4.78 is 20.8. The predicted octanol–water partition coefficient (Wildman–Crippen LogP) is 2.56. The van der Waals surface area contributed by atoms with Gasteiger partial charge in [-0.05, 0) is 55.8 Å². The third kappa shape index (κ3) is 7.38. The fourth-order valence-electron chi connectivity index (χ4n) is 5.03. The van der Waals surface area contributed by atoms with Gasteiger partial charge in [-0.15, -0.1) is 0 Å². The van der Waals surface area contributed by atoms with E-state index < -0.39 is 36.6 Å². The molecule has 0 aliphatic carbocycles. The normalized spacial score (nSPS) is 17.3. The number of aromatic carboxylic acids is 1. The van der Waals surface area contributed by atoms with Crippen LogP contribution in [0.3, 0.4) is 0 Å². The Bertz CT molecular complexity index is 1380. The van der Waals surface area contributed by atoms with Gasteiger partial charge in [-0.2, -0.15) is 0 Å². The van der Waals surface area contributed by atoms with E-state index in [9.17, 15) is 19.2 Å². The first-order chi connectivity index (χ1) is 20.5. The SMILES string of the molecule is CCC(=S)N(C[C@H]1CN(c2ccc(N3CCN(C(=O)CO)CC3)c(F)c2)C(=O)O1)[C@@H](C)C(=O)Nc1ccc(C(=O)O)cc1. The lowest BCUT2D eigenvalue weighted by molar-refractivity contribution is -0.134. The van der Waals surface area contributed by atoms with Crippen LogP contribution in [0.2, 0.25) is 0 Å². The minimum atomic E-state index is -1.07. The molecule has 0 bridgehead atoms. The summed E-state index contributed by atoms with van der Waals surface area (Å²) >= 11 is 5.53. The summed E-state index contributed by atoms with van der Waals surface area (Å²) in [6, 6.07) is 9.52. The Labute approximate surface area is 253 Å². The van der Waals surface area contributed by atoms with Crippen LogP contribution in [-0.4, -0.2) is 107 Å². The zero-order valence-electron chi connectivity index (χ0n) is 23.9. The van der Waals surface area contributed by atoms with E-state index in [0.717, 1.165) is 0 Å². The Balaban J connectivity index is 1.39. The molecule has 0 radical (unpaired) electrons. The number of thiocarbonyl (C=S) groups is 1. The van der Waals surface area contributed by atoms with E-state index in [1.54, 1.807) is 24.0 Å². The molecule has 14 heteroatoms. The molecule has 2 aliphatic rings. The maximum absolute atomic E-state index is 15.2. The number of aliphatic hydroxyl groups is 1. The van der Waals surface area contributed by atoms with Crippen LogP contribution in [0.5, 0.6) is 0 Å². The molecule has 2 aromatic rings. The molecule has 0 spiro atoms. The van der Waals surface area contributed by atoms with Crippen LogP contribution in [-0.2, 0) is 14.3 Å². The number of nitrogens with zero attached hydrogens (tertiary/aromatic N) is 4. The van der Waals surface area contributed by atoms with Crippen molar-refractivity contribution in [2.24, 2.45) is 0 Å². The van der Waals surface area contributed by atoms with E-state index in [1.807, 2.05) is 11.8 Å². The van der Waals surface area contributed by atoms with Gasteiger partial charge in [0.05, 0.1) is 35.0 Å². The van der Waals surface area contributed by atoms with Gasteiger partial charge in [-0.25, -0.2) is 14.0 Å². The zero-order chi connectivity index (χ0) is 31.3. The summed E-state index contributed by atoms with van der Waals surface area (Å²) in [6.45, 7) is 4.76. The molecule has 2 aliphatic heterocycles. The summed E-state index contributed by atoms with van der Waals surface area (Å²) in [7, 11) is 0. The highest BCUT2D eigenvalue weighted by atomic mass is 32.1. The monoisotopic (exact) mass is 615 g/mol. The molecule has 2 fully saturated rings. The Morgan fingerprint density at radius 1 is 1.14 bits per heavy atom. The Morgan fingerprint density at radius 2 is 1.81 bits per heavy atom. The highest BCUT2D eigenvalue weighted by Crippen LogP contribution is 2.29. The van der Waals surface area contributed by atoms with Crippen molar-refractivity contribution in [1.82, 2.24) is 9.80 Å². The van der Waals surface area contributed by atoms with E-state index in [0.29, 0.717) is 54.7 Å². The van der Waals surface area contributed by atoms with Gasteiger partial charge >= 0.3 is 12.1 Å². The number of carbonyl (C=O) groups is 4.